The number of hydrogen-bond donors (Lipinski definition) is 1. The maximum absolute atomic E-state index is 12.3. The summed E-state index contributed by atoms with van der Waals surface area (Å²) in [6, 6.07) is 6.29. The van der Waals surface area contributed by atoms with Crippen molar-refractivity contribution in [2.45, 2.75) is 44.4 Å². The number of unbranched alkanes of at least 4 members (excludes halogenated alkanes) is 1. The Balaban J connectivity index is 1.37. The predicted molar refractivity (Wildman–Crippen MR) is 103 cm³/mol. The number of nitrogens with zero attached hydrogens (tertiary/aromatic N) is 1. The molecule has 1 N–H and O–H groups in total. The first-order valence-electron chi connectivity index (χ1n) is 10.00. The second-order valence-electron chi connectivity index (χ2n) is 7.37. The third-order valence-corrected chi connectivity index (χ3v) is 5.55. The topological polar surface area (TPSA) is 50.8 Å². The van der Waals surface area contributed by atoms with Crippen molar-refractivity contribution in [3.05, 3.63) is 29.3 Å². The van der Waals surface area contributed by atoms with Crippen LogP contribution in [-0.4, -0.2) is 57.3 Å². The maximum atomic E-state index is 12.3. The van der Waals surface area contributed by atoms with Crippen molar-refractivity contribution < 1.29 is 14.3 Å². The molecule has 0 saturated carbocycles. The third-order valence-electron chi connectivity index (χ3n) is 5.55. The number of amides is 1. The summed E-state index contributed by atoms with van der Waals surface area (Å²) in [6.45, 7) is 5.68. The molecular formula is C21H32N2O3. The van der Waals surface area contributed by atoms with E-state index in [4.69, 9.17) is 9.47 Å². The highest BCUT2D eigenvalue weighted by Gasteiger charge is 2.23. The second-order valence-corrected chi connectivity index (χ2v) is 7.37. The van der Waals surface area contributed by atoms with Crippen LogP contribution in [0.15, 0.2) is 18.2 Å². The fraction of sp³-hybridized carbons (Fsp3) is 0.667. The Kier molecular flexibility index (Phi) is 7.32. The van der Waals surface area contributed by atoms with Gasteiger partial charge in [-0.2, -0.15) is 0 Å². The lowest BCUT2D eigenvalue weighted by Crippen LogP contribution is -2.37. The van der Waals surface area contributed by atoms with E-state index in [-0.39, 0.29) is 5.91 Å². The summed E-state index contributed by atoms with van der Waals surface area (Å²) in [6.07, 6.45) is 6.12. The Hall–Kier alpha value is -1.59. The van der Waals surface area contributed by atoms with Crippen LogP contribution in [0, 0.1) is 0 Å². The summed E-state index contributed by atoms with van der Waals surface area (Å²) in [4.78, 5) is 14.8. The number of fused-ring (bicyclic) bond motifs is 1. The van der Waals surface area contributed by atoms with Gasteiger partial charge in [0.25, 0.3) is 0 Å². The molecule has 1 aliphatic carbocycles. The number of hydrogen-bond acceptors (Lipinski definition) is 4. The summed E-state index contributed by atoms with van der Waals surface area (Å²) in [5, 5.41) is 3.11. The number of nitrogens with one attached hydrogen (secondary N) is 1. The normalized spacial score (nSPS) is 20.4. The molecule has 1 amide bonds. The molecule has 1 saturated heterocycles. The standard InChI is InChI=1S/C21H32N2O3/c1-25-19-7-8-20-17(15-19)5-4-6-18(20)16-21(24)22-9-2-3-10-23-11-13-26-14-12-23/h7-8,15,18H,2-6,9-14,16H2,1H3,(H,22,24). The SMILES string of the molecule is COc1ccc2c(c1)CCCC2CC(=O)NCCCCN1CCOCC1. The Morgan fingerprint density at radius 2 is 2.15 bits per heavy atom. The molecule has 26 heavy (non-hydrogen) atoms. The molecule has 1 aliphatic heterocycles. The van der Waals surface area contributed by atoms with Gasteiger partial charge >= 0.3 is 0 Å². The number of aryl methyl sites for hydroxylation is 1. The molecule has 5 nitrogen and oxygen atoms in total. The Morgan fingerprint density at radius 1 is 1.31 bits per heavy atom. The summed E-state index contributed by atoms with van der Waals surface area (Å²) < 4.78 is 10.7. The molecule has 5 heteroatoms. The molecule has 1 fully saturated rings. The Labute approximate surface area is 157 Å². The van der Waals surface area contributed by atoms with E-state index >= 15 is 0 Å². The van der Waals surface area contributed by atoms with Gasteiger partial charge in [-0.15, -0.1) is 0 Å². The lowest BCUT2D eigenvalue weighted by Gasteiger charge is -2.26. The lowest BCUT2D eigenvalue weighted by atomic mass is 9.81. The van der Waals surface area contributed by atoms with Gasteiger partial charge in [0.15, 0.2) is 0 Å². The largest absolute Gasteiger partial charge is 0.497 e. The molecule has 1 aromatic rings. The Morgan fingerprint density at radius 3 is 2.96 bits per heavy atom. The molecule has 1 unspecified atom stereocenters. The maximum Gasteiger partial charge on any atom is 0.220 e. The number of rotatable bonds is 8. The summed E-state index contributed by atoms with van der Waals surface area (Å²) in [5.74, 6) is 1.44. The van der Waals surface area contributed by atoms with Gasteiger partial charge in [0.2, 0.25) is 5.91 Å². The Bertz CT molecular complexity index is 585. The zero-order valence-electron chi connectivity index (χ0n) is 16.0. The highest BCUT2D eigenvalue weighted by Crippen LogP contribution is 2.35. The van der Waals surface area contributed by atoms with E-state index in [1.165, 1.54) is 11.1 Å². The third kappa shape index (κ3) is 5.45. The number of benzene rings is 1. The molecule has 1 heterocycles. The van der Waals surface area contributed by atoms with E-state index in [9.17, 15) is 4.79 Å². The van der Waals surface area contributed by atoms with Crippen molar-refractivity contribution in [3.8, 4) is 5.75 Å². The van der Waals surface area contributed by atoms with Crippen LogP contribution in [0.4, 0.5) is 0 Å². The number of morpholine rings is 1. The van der Waals surface area contributed by atoms with Gasteiger partial charge in [0.1, 0.15) is 5.75 Å². The van der Waals surface area contributed by atoms with Gasteiger partial charge in [0, 0.05) is 26.1 Å². The molecular weight excluding hydrogens is 328 g/mol. The molecule has 0 spiro atoms. The number of carbonyl (C=O) groups excluding carboxylic acids is 1. The zero-order valence-corrected chi connectivity index (χ0v) is 16.0. The minimum Gasteiger partial charge on any atom is -0.497 e. The van der Waals surface area contributed by atoms with Crippen molar-refractivity contribution in [2.75, 3.05) is 46.5 Å². The van der Waals surface area contributed by atoms with Crippen LogP contribution in [-0.2, 0) is 16.0 Å². The molecule has 0 aromatic heterocycles. The second kappa shape index (κ2) is 9.93. The number of methoxy groups -OCH3 is 1. The van der Waals surface area contributed by atoms with Crippen molar-refractivity contribution in [2.24, 2.45) is 0 Å². The van der Waals surface area contributed by atoms with Crippen LogP contribution in [0.2, 0.25) is 0 Å². The van der Waals surface area contributed by atoms with Gasteiger partial charge in [-0.1, -0.05) is 6.07 Å². The summed E-state index contributed by atoms with van der Waals surface area (Å²) in [7, 11) is 1.70. The zero-order chi connectivity index (χ0) is 18.2. The number of carbonyl (C=O) groups is 1. The predicted octanol–water partition coefficient (Wildman–Crippen LogP) is 2.73. The van der Waals surface area contributed by atoms with Gasteiger partial charge in [-0.05, 0) is 67.8 Å². The van der Waals surface area contributed by atoms with E-state index < -0.39 is 0 Å². The van der Waals surface area contributed by atoms with Gasteiger partial charge < -0.3 is 14.8 Å². The first-order chi connectivity index (χ1) is 12.8. The van der Waals surface area contributed by atoms with Crippen molar-refractivity contribution >= 4 is 5.91 Å². The molecule has 144 valence electrons. The molecule has 2 aliphatic rings. The van der Waals surface area contributed by atoms with Crippen LogP contribution in [0.1, 0.15) is 49.1 Å². The highest BCUT2D eigenvalue weighted by molar-refractivity contribution is 5.77. The van der Waals surface area contributed by atoms with Crippen molar-refractivity contribution in [3.63, 3.8) is 0 Å². The molecule has 0 bridgehead atoms. The lowest BCUT2D eigenvalue weighted by molar-refractivity contribution is -0.121. The average molecular weight is 360 g/mol. The van der Waals surface area contributed by atoms with E-state index in [1.54, 1.807) is 7.11 Å². The van der Waals surface area contributed by atoms with E-state index in [1.807, 2.05) is 6.07 Å². The summed E-state index contributed by atoms with van der Waals surface area (Å²) >= 11 is 0. The van der Waals surface area contributed by atoms with Crippen LogP contribution in [0.3, 0.4) is 0 Å². The fourth-order valence-electron chi connectivity index (χ4n) is 4.04. The first kappa shape index (κ1) is 19.2. The monoisotopic (exact) mass is 360 g/mol. The number of ether oxygens (including phenoxy) is 2. The van der Waals surface area contributed by atoms with Gasteiger partial charge in [-0.25, -0.2) is 0 Å². The molecule has 1 atom stereocenters. The van der Waals surface area contributed by atoms with Crippen molar-refractivity contribution in [1.82, 2.24) is 10.2 Å². The highest BCUT2D eigenvalue weighted by atomic mass is 16.5. The van der Waals surface area contributed by atoms with E-state index in [0.29, 0.717) is 12.3 Å². The quantitative estimate of drug-likeness (QED) is 0.724. The van der Waals surface area contributed by atoms with E-state index in [2.05, 4.69) is 22.3 Å². The first-order valence-corrected chi connectivity index (χ1v) is 10.00. The van der Waals surface area contributed by atoms with Gasteiger partial charge in [0.05, 0.1) is 20.3 Å². The van der Waals surface area contributed by atoms with Crippen LogP contribution in [0.25, 0.3) is 0 Å². The average Bonchev–Trinajstić information content (AvgIpc) is 2.68. The van der Waals surface area contributed by atoms with Crippen LogP contribution in [0.5, 0.6) is 5.75 Å². The minimum absolute atomic E-state index is 0.185. The van der Waals surface area contributed by atoms with Crippen LogP contribution >= 0.6 is 0 Å². The summed E-state index contributed by atoms with van der Waals surface area (Å²) in [5.41, 5.74) is 2.68. The molecule has 0 radical (unpaired) electrons. The van der Waals surface area contributed by atoms with Crippen molar-refractivity contribution in [1.29, 1.82) is 0 Å². The van der Waals surface area contributed by atoms with Crippen LogP contribution < -0.4 is 10.1 Å². The van der Waals surface area contributed by atoms with Gasteiger partial charge in [-0.3, -0.25) is 9.69 Å². The minimum atomic E-state index is 0.185. The molecule has 1 aromatic carbocycles. The fourth-order valence-corrected chi connectivity index (χ4v) is 4.04. The smallest absolute Gasteiger partial charge is 0.220 e. The molecule has 3 rings (SSSR count). The van der Waals surface area contributed by atoms with E-state index in [0.717, 1.165) is 77.2 Å².